The zero-order chi connectivity index (χ0) is 18.9. The summed E-state index contributed by atoms with van der Waals surface area (Å²) in [4.78, 5) is 24.3. The molecule has 134 valence electrons. The van der Waals surface area contributed by atoms with Crippen molar-refractivity contribution in [2.45, 2.75) is 32.7 Å². The fourth-order valence-corrected chi connectivity index (χ4v) is 3.22. The van der Waals surface area contributed by atoms with Crippen LogP contribution in [-0.2, 0) is 12.0 Å². The molecule has 5 heteroatoms. The second-order valence-electron chi connectivity index (χ2n) is 7.21. The van der Waals surface area contributed by atoms with E-state index in [-0.39, 0.29) is 17.9 Å². The Balaban J connectivity index is 1.95. The number of fused-ring (bicyclic) bond motifs is 1. The third kappa shape index (κ3) is 3.88. The lowest BCUT2D eigenvalue weighted by molar-refractivity contribution is 0.0950. The molecular formula is C21H20BrNO3. The summed E-state index contributed by atoms with van der Waals surface area (Å²) in [6.45, 7) is 6.63. The largest absolute Gasteiger partial charge is 0.423 e. The van der Waals surface area contributed by atoms with E-state index in [0.29, 0.717) is 11.1 Å². The van der Waals surface area contributed by atoms with Crippen molar-refractivity contribution in [1.29, 1.82) is 0 Å². The van der Waals surface area contributed by atoms with Crippen LogP contribution >= 0.6 is 15.9 Å². The lowest BCUT2D eigenvalue weighted by atomic mass is 9.86. The molecule has 1 heterocycles. The maximum atomic E-state index is 12.4. The van der Waals surface area contributed by atoms with Gasteiger partial charge in [0.05, 0.1) is 5.56 Å². The van der Waals surface area contributed by atoms with E-state index < -0.39 is 5.63 Å². The molecular weight excluding hydrogens is 394 g/mol. The highest BCUT2D eigenvalue weighted by molar-refractivity contribution is 9.10. The van der Waals surface area contributed by atoms with Gasteiger partial charge in [-0.2, -0.15) is 0 Å². The minimum atomic E-state index is -0.425. The van der Waals surface area contributed by atoms with Crippen LogP contribution in [0, 0.1) is 0 Å². The molecule has 0 aliphatic carbocycles. The van der Waals surface area contributed by atoms with Gasteiger partial charge in [-0.3, -0.25) is 4.79 Å². The quantitative estimate of drug-likeness (QED) is 0.628. The molecule has 2 aromatic carbocycles. The van der Waals surface area contributed by atoms with Crippen LogP contribution in [0.15, 0.2) is 62.2 Å². The van der Waals surface area contributed by atoms with Crippen LogP contribution in [0.5, 0.6) is 0 Å². The molecule has 3 rings (SSSR count). The number of hydrogen-bond donors (Lipinski definition) is 1. The molecule has 0 atom stereocenters. The number of nitrogens with one attached hydrogen (secondary N) is 1. The molecule has 0 saturated carbocycles. The molecule has 0 aliphatic heterocycles. The molecule has 3 aromatic rings. The topological polar surface area (TPSA) is 59.3 Å². The summed E-state index contributed by atoms with van der Waals surface area (Å²) < 4.78 is 6.03. The first-order valence-corrected chi connectivity index (χ1v) is 9.15. The highest BCUT2D eigenvalue weighted by atomic mass is 79.9. The zero-order valence-electron chi connectivity index (χ0n) is 14.9. The van der Waals surface area contributed by atoms with Gasteiger partial charge in [0.25, 0.3) is 5.91 Å². The van der Waals surface area contributed by atoms with E-state index in [9.17, 15) is 9.59 Å². The monoisotopic (exact) mass is 413 g/mol. The van der Waals surface area contributed by atoms with E-state index in [1.54, 1.807) is 6.07 Å². The van der Waals surface area contributed by atoms with E-state index in [2.05, 4.69) is 42.0 Å². The maximum Gasteiger partial charge on any atom is 0.336 e. The molecule has 0 unspecified atom stereocenters. The van der Waals surface area contributed by atoms with E-state index in [0.717, 1.165) is 21.0 Å². The highest BCUT2D eigenvalue weighted by Gasteiger charge is 2.16. The van der Waals surface area contributed by atoms with E-state index in [4.69, 9.17) is 4.42 Å². The number of benzene rings is 2. The molecule has 0 saturated heterocycles. The van der Waals surface area contributed by atoms with Crippen molar-refractivity contribution in [2.24, 2.45) is 0 Å². The Morgan fingerprint density at radius 2 is 1.85 bits per heavy atom. The zero-order valence-corrected chi connectivity index (χ0v) is 16.5. The maximum absolute atomic E-state index is 12.4. The Hall–Kier alpha value is -2.40. The summed E-state index contributed by atoms with van der Waals surface area (Å²) in [5.74, 6) is -0.203. The smallest absolute Gasteiger partial charge is 0.336 e. The Morgan fingerprint density at radius 3 is 2.54 bits per heavy atom. The number of hydrogen-bond acceptors (Lipinski definition) is 3. The Kier molecular flexibility index (Phi) is 5.01. The van der Waals surface area contributed by atoms with Crippen molar-refractivity contribution < 1.29 is 9.21 Å². The Bertz CT molecular complexity index is 1030. The molecule has 26 heavy (non-hydrogen) atoms. The van der Waals surface area contributed by atoms with E-state index in [1.807, 2.05) is 36.4 Å². The van der Waals surface area contributed by atoms with Gasteiger partial charge in [0.1, 0.15) is 5.58 Å². The van der Waals surface area contributed by atoms with Gasteiger partial charge in [0.2, 0.25) is 0 Å². The summed E-state index contributed by atoms with van der Waals surface area (Å²) in [7, 11) is 0. The number of rotatable bonds is 3. The predicted molar refractivity (Wildman–Crippen MR) is 106 cm³/mol. The van der Waals surface area contributed by atoms with Gasteiger partial charge in [0.15, 0.2) is 0 Å². The summed E-state index contributed by atoms with van der Waals surface area (Å²) >= 11 is 3.38. The predicted octanol–water partition coefficient (Wildman–Crippen LogP) is 4.78. The number of carbonyl (C=O) groups excluding carboxylic acids is 1. The van der Waals surface area contributed by atoms with Crippen molar-refractivity contribution in [2.75, 3.05) is 0 Å². The fraction of sp³-hybridized carbons (Fsp3) is 0.238. The van der Waals surface area contributed by atoms with Crippen LogP contribution < -0.4 is 10.9 Å². The third-order valence-corrected chi connectivity index (χ3v) is 4.94. The van der Waals surface area contributed by atoms with Crippen molar-refractivity contribution in [3.05, 3.63) is 80.1 Å². The van der Waals surface area contributed by atoms with Gasteiger partial charge in [-0.05, 0) is 56.7 Å². The highest BCUT2D eigenvalue weighted by Crippen LogP contribution is 2.27. The van der Waals surface area contributed by atoms with Crippen LogP contribution in [0.25, 0.3) is 11.0 Å². The van der Waals surface area contributed by atoms with Crippen LogP contribution in [0.2, 0.25) is 0 Å². The summed E-state index contributed by atoms with van der Waals surface area (Å²) in [6.07, 6.45) is 0. The molecule has 1 N–H and O–H groups in total. The van der Waals surface area contributed by atoms with Gasteiger partial charge in [-0.1, -0.05) is 39.0 Å². The van der Waals surface area contributed by atoms with Gasteiger partial charge in [0, 0.05) is 22.5 Å². The number of halogens is 1. The van der Waals surface area contributed by atoms with Gasteiger partial charge >= 0.3 is 5.63 Å². The normalized spacial score (nSPS) is 11.5. The molecule has 0 radical (unpaired) electrons. The standard InChI is InChI=1S/C21H20BrNO3/c1-21(2,3)14-8-9-18-16(11-14)13(10-19(24)26-18)12-23-20(25)15-6-4-5-7-17(15)22/h4-11H,12H2,1-3H3,(H,23,25). The summed E-state index contributed by atoms with van der Waals surface area (Å²) in [5.41, 5.74) is 2.50. The first-order chi connectivity index (χ1) is 12.3. The molecule has 0 spiro atoms. The SMILES string of the molecule is CC(C)(C)c1ccc2oc(=O)cc(CNC(=O)c3ccccc3Br)c2c1. The molecule has 4 nitrogen and oxygen atoms in total. The Labute approximate surface area is 160 Å². The van der Waals surface area contributed by atoms with Crippen LogP contribution in [0.1, 0.15) is 42.3 Å². The molecule has 1 aromatic heterocycles. The van der Waals surface area contributed by atoms with Crippen molar-refractivity contribution in [3.8, 4) is 0 Å². The summed E-state index contributed by atoms with van der Waals surface area (Å²) in [6, 6.07) is 14.5. The molecule has 0 fully saturated rings. The van der Waals surface area contributed by atoms with Crippen LogP contribution in [0.4, 0.5) is 0 Å². The third-order valence-electron chi connectivity index (χ3n) is 4.25. The average Bonchev–Trinajstić information content (AvgIpc) is 2.58. The van der Waals surface area contributed by atoms with Crippen molar-refractivity contribution in [3.63, 3.8) is 0 Å². The lowest BCUT2D eigenvalue weighted by Crippen LogP contribution is -2.24. The molecule has 0 aliphatic rings. The second-order valence-corrected chi connectivity index (χ2v) is 8.07. The van der Waals surface area contributed by atoms with Crippen LogP contribution in [0.3, 0.4) is 0 Å². The van der Waals surface area contributed by atoms with Gasteiger partial charge in [-0.15, -0.1) is 0 Å². The minimum absolute atomic E-state index is 0.0280. The number of amides is 1. The van der Waals surface area contributed by atoms with Gasteiger partial charge in [-0.25, -0.2) is 4.79 Å². The minimum Gasteiger partial charge on any atom is -0.423 e. The molecule has 1 amide bonds. The van der Waals surface area contributed by atoms with Crippen molar-refractivity contribution in [1.82, 2.24) is 5.32 Å². The number of carbonyl (C=O) groups is 1. The average molecular weight is 414 g/mol. The fourth-order valence-electron chi connectivity index (χ4n) is 2.76. The molecule has 0 bridgehead atoms. The van der Waals surface area contributed by atoms with Crippen molar-refractivity contribution >= 4 is 32.8 Å². The van der Waals surface area contributed by atoms with Gasteiger partial charge < -0.3 is 9.73 Å². The van der Waals surface area contributed by atoms with E-state index in [1.165, 1.54) is 6.07 Å². The second kappa shape index (κ2) is 7.08. The first-order valence-electron chi connectivity index (χ1n) is 8.36. The van der Waals surface area contributed by atoms with E-state index >= 15 is 0 Å². The first kappa shape index (κ1) is 18.4. The Morgan fingerprint density at radius 1 is 1.12 bits per heavy atom. The summed E-state index contributed by atoms with van der Waals surface area (Å²) in [5, 5.41) is 3.72. The van der Waals surface area contributed by atoms with Crippen LogP contribution in [-0.4, -0.2) is 5.91 Å². The lowest BCUT2D eigenvalue weighted by Gasteiger charge is -2.19.